The van der Waals surface area contributed by atoms with Gasteiger partial charge in [0.1, 0.15) is 11.5 Å². The molecule has 136 valence electrons. The van der Waals surface area contributed by atoms with Crippen molar-refractivity contribution in [2.24, 2.45) is 0 Å². The summed E-state index contributed by atoms with van der Waals surface area (Å²) in [5.74, 6) is 0.0537. The number of methoxy groups -OCH3 is 1. The van der Waals surface area contributed by atoms with Crippen molar-refractivity contribution in [1.29, 1.82) is 0 Å². The van der Waals surface area contributed by atoms with Crippen LogP contribution in [0.1, 0.15) is 28.9 Å². The van der Waals surface area contributed by atoms with E-state index in [1.807, 2.05) is 0 Å². The Kier molecular flexibility index (Phi) is 6.73. The van der Waals surface area contributed by atoms with Gasteiger partial charge in [0.15, 0.2) is 6.29 Å². The van der Waals surface area contributed by atoms with Crippen LogP contribution in [0.5, 0.6) is 11.5 Å². The highest BCUT2D eigenvalue weighted by atomic mass is 16.5. The molecular weight excluding hydrogens is 336 g/mol. The Morgan fingerprint density at radius 3 is 2.50 bits per heavy atom. The van der Waals surface area contributed by atoms with E-state index < -0.39 is 18.0 Å². The molecule has 3 amide bonds. The lowest BCUT2D eigenvalue weighted by atomic mass is 10.1. The highest BCUT2D eigenvalue weighted by molar-refractivity contribution is 5.97. The number of ether oxygens (including phenoxy) is 2. The molecule has 2 aromatic carbocycles. The van der Waals surface area contributed by atoms with Crippen LogP contribution in [-0.2, 0) is 4.79 Å². The topological polar surface area (TPSA) is 93.7 Å². The predicted molar refractivity (Wildman–Crippen MR) is 95.4 cm³/mol. The second-order valence-electron chi connectivity index (χ2n) is 5.28. The van der Waals surface area contributed by atoms with Crippen LogP contribution in [-0.4, -0.2) is 31.9 Å². The molecule has 0 aliphatic carbocycles. The van der Waals surface area contributed by atoms with Gasteiger partial charge >= 0.3 is 6.03 Å². The molecule has 0 heterocycles. The standard InChI is InChI=1S/C19H20N2O5/c1-3-20-19(24)21-18(23)17(13-7-5-4-6-8-13)26-16-10-9-15(25-2)11-14(16)12-22/h4-12,17H,3H2,1-2H3,(H2,20,21,23,24)/t17-/m0/s1. The number of amides is 3. The van der Waals surface area contributed by atoms with Gasteiger partial charge in [-0.05, 0) is 25.1 Å². The lowest BCUT2D eigenvalue weighted by Crippen LogP contribution is -2.42. The van der Waals surface area contributed by atoms with Crippen LogP contribution in [0.4, 0.5) is 4.79 Å². The van der Waals surface area contributed by atoms with E-state index in [4.69, 9.17) is 9.47 Å². The van der Waals surface area contributed by atoms with Crippen molar-refractivity contribution < 1.29 is 23.9 Å². The van der Waals surface area contributed by atoms with E-state index in [1.165, 1.54) is 19.2 Å². The van der Waals surface area contributed by atoms with Crippen LogP contribution < -0.4 is 20.1 Å². The van der Waals surface area contributed by atoms with Crippen molar-refractivity contribution >= 4 is 18.2 Å². The first-order valence-corrected chi connectivity index (χ1v) is 8.02. The van der Waals surface area contributed by atoms with Crippen LogP contribution in [0.25, 0.3) is 0 Å². The Labute approximate surface area is 151 Å². The average Bonchev–Trinajstić information content (AvgIpc) is 2.66. The van der Waals surface area contributed by atoms with E-state index in [0.29, 0.717) is 24.1 Å². The maximum atomic E-state index is 12.5. The first-order valence-electron chi connectivity index (χ1n) is 8.02. The first kappa shape index (κ1) is 19.0. The third kappa shape index (κ3) is 4.83. The van der Waals surface area contributed by atoms with Gasteiger partial charge in [0.2, 0.25) is 6.10 Å². The van der Waals surface area contributed by atoms with Crippen LogP contribution in [0, 0.1) is 0 Å². The second-order valence-corrected chi connectivity index (χ2v) is 5.28. The maximum Gasteiger partial charge on any atom is 0.321 e. The molecule has 0 fully saturated rings. The fourth-order valence-electron chi connectivity index (χ4n) is 2.26. The largest absolute Gasteiger partial charge is 0.497 e. The zero-order valence-corrected chi connectivity index (χ0v) is 14.5. The zero-order valence-electron chi connectivity index (χ0n) is 14.5. The Balaban J connectivity index is 2.32. The smallest absolute Gasteiger partial charge is 0.321 e. The molecule has 2 N–H and O–H groups in total. The van der Waals surface area contributed by atoms with E-state index in [9.17, 15) is 14.4 Å². The minimum absolute atomic E-state index is 0.209. The summed E-state index contributed by atoms with van der Waals surface area (Å²) in [6, 6.07) is 12.7. The second kappa shape index (κ2) is 9.22. The number of nitrogens with one attached hydrogen (secondary N) is 2. The van der Waals surface area contributed by atoms with Crippen LogP contribution >= 0.6 is 0 Å². The van der Waals surface area contributed by atoms with Crippen molar-refractivity contribution in [3.05, 3.63) is 59.7 Å². The third-order valence-corrected chi connectivity index (χ3v) is 3.50. The fourth-order valence-corrected chi connectivity index (χ4v) is 2.26. The van der Waals surface area contributed by atoms with Gasteiger partial charge < -0.3 is 14.8 Å². The Morgan fingerprint density at radius 1 is 1.15 bits per heavy atom. The molecule has 26 heavy (non-hydrogen) atoms. The molecule has 0 unspecified atom stereocenters. The minimum atomic E-state index is -1.11. The lowest BCUT2D eigenvalue weighted by Gasteiger charge is -2.20. The van der Waals surface area contributed by atoms with Crippen molar-refractivity contribution in [1.82, 2.24) is 10.6 Å². The van der Waals surface area contributed by atoms with Gasteiger partial charge in [-0.25, -0.2) is 4.79 Å². The van der Waals surface area contributed by atoms with Crippen LogP contribution in [0.2, 0.25) is 0 Å². The van der Waals surface area contributed by atoms with Gasteiger partial charge in [0.05, 0.1) is 12.7 Å². The number of imide groups is 1. The maximum absolute atomic E-state index is 12.5. The molecule has 0 aromatic heterocycles. The van der Waals surface area contributed by atoms with Crippen LogP contribution in [0.15, 0.2) is 48.5 Å². The predicted octanol–water partition coefficient (Wildman–Crippen LogP) is 2.47. The summed E-state index contributed by atoms with van der Waals surface area (Å²) in [7, 11) is 1.48. The van der Waals surface area contributed by atoms with Gasteiger partial charge in [-0.2, -0.15) is 0 Å². The summed E-state index contributed by atoms with van der Waals surface area (Å²) in [5.41, 5.74) is 0.776. The van der Waals surface area contributed by atoms with Crippen molar-refractivity contribution in [3.63, 3.8) is 0 Å². The quantitative estimate of drug-likeness (QED) is 0.744. The van der Waals surface area contributed by atoms with Gasteiger partial charge in [-0.1, -0.05) is 30.3 Å². The first-order chi connectivity index (χ1) is 12.6. The number of carbonyl (C=O) groups excluding carboxylic acids is 3. The van der Waals surface area contributed by atoms with Crippen molar-refractivity contribution in [2.75, 3.05) is 13.7 Å². The zero-order chi connectivity index (χ0) is 18.9. The lowest BCUT2D eigenvalue weighted by molar-refractivity contribution is -0.127. The average molecular weight is 356 g/mol. The summed E-state index contributed by atoms with van der Waals surface area (Å²) >= 11 is 0. The van der Waals surface area contributed by atoms with E-state index in [1.54, 1.807) is 43.3 Å². The number of rotatable bonds is 7. The summed E-state index contributed by atoms with van der Waals surface area (Å²) < 4.78 is 10.9. The fraction of sp³-hybridized carbons (Fsp3) is 0.211. The van der Waals surface area contributed by atoms with E-state index in [-0.39, 0.29) is 11.3 Å². The monoisotopic (exact) mass is 356 g/mol. The minimum Gasteiger partial charge on any atom is -0.497 e. The number of hydrogen-bond donors (Lipinski definition) is 2. The Morgan fingerprint density at radius 2 is 1.88 bits per heavy atom. The third-order valence-electron chi connectivity index (χ3n) is 3.50. The molecule has 2 rings (SSSR count). The molecule has 7 heteroatoms. The molecule has 0 saturated carbocycles. The molecule has 0 spiro atoms. The molecule has 0 saturated heterocycles. The number of hydrogen-bond acceptors (Lipinski definition) is 5. The Hall–Kier alpha value is -3.35. The summed E-state index contributed by atoms with van der Waals surface area (Å²) in [6.07, 6.45) is -0.493. The van der Waals surface area contributed by atoms with Crippen molar-refractivity contribution in [3.8, 4) is 11.5 Å². The van der Waals surface area contributed by atoms with Gasteiger partial charge in [0.25, 0.3) is 5.91 Å². The summed E-state index contributed by atoms with van der Waals surface area (Å²) in [6.45, 7) is 2.12. The highest BCUT2D eigenvalue weighted by Gasteiger charge is 2.25. The molecule has 1 atom stereocenters. The number of aldehydes is 1. The van der Waals surface area contributed by atoms with Crippen LogP contribution in [0.3, 0.4) is 0 Å². The van der Waals surface area contributed by atoms with Gasteiger partial charge in [-0.15, -0.1) is 0 Å². The molecule has 7 nitrogen and oxygen atoms in total. The molecule has 0 aliphatic rings. The molecule has 0 bridgehead atoms. The highest BCUT2D eigenvalue weighted by Crippen LogP contribution is 2.28. The molecule has 0 aliphatic heterocycles. The van der Waals surface area contributed by atoms with Gasteiger partial charge in [0, 0.05) is 12.1 Å². The van der Waals surface area contributed by atoms with E-state index >= 15 is 0 Å². The van der Waals surface area contributed by atoms with E-state index in [0.717, 1.165) is 0 Å². The normalized spacial score (nSPS) is 11.2. The number of urea groups is 1. The van der Waals surface area contributed by atoms with Gasteiger partial charge in [-0.3, -0.25) is 14.9 Å². The Bertz CT molecular complexity index is 777. The SMILES string of the molecule is CCNC(=O)NC(=O)[C@@H](Oc1ccc(OC)cc1C=O)c1ccccc1. The molecule has 2 aromatic rings. The van der Waals surface area contributed by atoms with Crippen molar-refractivity contribution in [2.45, 2.75) is 13.0 Å². The summed E-state index contributed by atoms with van der Waals surface area (Å²) in [5, 5.41) is 4.72. The summed E-state index contributed by atoms with van der Waals surface area (Å²) in [4.78, 5) is 35.6. The molecular formula is C19H20N2O5. The molecule has 0 radical (unpaired) electrons. The van der Waals surface area contributed by atoms with E-state index in [2.05, 4.69) is 10.6 Å². The number of carbonyl (C=O) groups is 3. The number of benzene rings is 2.